The van der Waals surface area contributed by atoms with Crippen molar-refractivity contribution in [1.29, 1.82) is 0 Å². The standard InChI is InChI=1S/C13H21N3O2S/c1-10(2)14-9-11-4-3-5-13(8-11)16-19(17,18)15-12-6-7-12/h3-5,8,10,12,14-16H,6-7,9H2,1-2H3. The van der Waals surface area contributed by atoms with E-state index in [4.69, 9.17) is 0 Å². The first-order valence-electron chi connectivity index (χ1n) is 6.57. The molecule has 2 rings (SSSR count). The normalized spacial score (nSPS) is 15.7. The minimum Gasteiger partial charge on any atom is -0.310 e. The molecule has 6 heteroatoms. The van der Waals surface area contributed by atoms with Crippen LogP contribution in [-0.4, -0.2) is 20.5 Å². The Bertz CT molecular complexity index is 524. The van der Waals surface area contributed by atoms with Gasteiger partial charge in [-0.15, -0.1) is 0 Å². The predicted molar refractivity (Wildman–Crippen MR) is 77.1 cm³/mol. The number of nitrogens with one attached hydrogen (secondary N) is 3. The first-order chi connectivity index (χ1) is 8.94. The molecule has 0 unspecified atom stereocenters. The predicted octanol–water partition coefficient (Wildman–Crippen LogP) is 1.59. The van der Waals surface area contributed by atoms with E-state index in [0.29, 0.717) is 11.7 Å². The molecule has 1 saturated carbocycles. The van der Waals surface area contributed by atoms with Gasteiger partial charge >= 0.3 is 0 Å². The van der Waals surface area contributed by atoms with Crippen LogP contribution in [-0.2, 0) is 16.8 Å². The monoisotopic (exact) mass is 283 g/mol. The second-order valence-electron chi connectivity index (χ2n) is 5.23. The summed E-state index contributed by atoms with van der Waals surface area (Å²) in [7, 11) is -3.44. The van der Waals surface area contributed by atoms with Crippen molar-refractivity contribution >= 4 is 15.9 Å². The van der Waals surface area contributed by atoms with Crippen LogP contribution in [0.3, 0.4) is 0 Å². The van der Waals surface area contributed by atoms with Gasteiger partial charge in [-0.05, 0) is 30.5 Å². The minimum absolute atomic E-state index is 0.114. The zero-order valence-corrected chi connectivity index (χ0v) is 12.1. The summed E-state index contributed by atoms with van der Waals surface area (Å²) in [5.74, 6) is 0. The van der Waals surface area contributed by atoms with E-state index in [-0.39, 0.29) is 6.04 Å². The van der Waals surface area contributed by atoms with Crippen molar-refractivity contribution in [3.05, 3.63) is 29.8 Å². The molecule has 0 atom stereocenters. The van der Waals surface area contributed by atoms with Gasteiger partial charge in [0.1, 0.15) is 0 Å². The van der Waals surface area contributed by atoms with Crippen molar-refractivity contribution in [2.24, 2.45) is 0 Å². The number of benzene rings is 1. The van der Waals surface area contributed by atoms with Crippen LogP contribution in [0.1, 0.15) is 32.3 Å². The van der Waals surface area contributed by atoms with Gasteiger partial charge in [-0.1, -0.05) is 26.0 Å². The fourth-order valence-corrected chi connectivity index (χ4v) is 2.84. The Hall–Kier alpha value is -1.11. The van der Waals surface area contributed by atoms with Gasteiger partial charge in [-0.25, -0.2) is 0 Å². The molecule has 0 heterocycles. The fourth-order valence-electron chi connectivity index (χ4n) is 1.67. The van der Waals surface area contributed by atoms with Gasteiger partial charge < -0.3 is 5.32 Å². The Kier molecular flexibility index (Phi) is 4.44. The van der Waals surface area contributed by atoms with E-state index >= 15 is 0 Å². The zero-order chi connectivity index (χ0) is 13.9. The van der Waals surface area contributed by atoms with Gasteiger partial charge in [0.2, 0.25) is 0 Å². The molecule has 1 aromatic carbocycles. The van der Waals surface area contributed by atoms with Crippen molar-refractivity contribution in [2.45, 2.75) is 45.3 Å². The van der Waals surface area contributed by atoms with Crippen LogP contribution in [0.2, 0.25) is 0 Å². The van der Waals surface area contributed by atoms with Crippen LogP contribution in [0.25, 0.3) is 0 Å². The SMILES string of the molecule is CC(C)NCc1cccc(NS(=O)(=O)NC2CC2)c1. The number of hydrogen-bond donors (Lipinski definition) is 3. The van der Waals surface area contributed by atoms with E-state index in [2.05, 4.69) is 28.6 Å². The van der Waals surface area contributed by atoms with Crippen molar-refractivity contribution in [3.63, 3.8) is 0 Å². The maximum absolute atomic E-state index is 11.8. The summed E-state index contributed by atoms with van der Waals surface area (Å²) in [4.78, 5) is 0. The lowest BCUT2D eigenvalue weighted by molar-refractivity contribution is 0.585. The molecule has 1 aliphatic rings. The molecule has 5 nitrogen and oxygen atoms in total. The van der Waals surface area contributed by atoms with Gasteiger partial charge in [-0.2, -0.15) is 13.1 Å². The Morgan fingerprint density at radius 3 is 2.68 bits per heavy atom. The highest BCUT2D eigenvalue weighted by atomic mass is 32.2. The maximum atomic E-state index is 11.8. The smallest absolute Gasteiger partial charge is 0.299 e. The molecule has 0 aliphatic heterocycles. The second kappa shape index (κ2) is 5.90. The van der Waals surface area contributed by atoms with E-state index in [0.717, 1.165) is 24.9 Å². The number of hydrogen-bond acceptors (Lipinski definition) is 3. The van der Waals surface area contributed by atoms with Crippen LogP contribution in [0.5, 0.6) is 0 Å². The maximum Gasteiger partial charge on any atom is 0.299 e. The van der Waals surface area contributed by atoms with E-state index in [1.165, 1.54) is 0 Å². The molecule has 0 saturated heterocycles. The Labute approximate surface area is 115 Å². The highest BCUT2D eigenvalue weighted by molar-refractivity contribution is 7.90. The van der Waals surface area contributed by atoms with Crippen LogP contribution in [0, 0.1) is 0 Å². The summed E-state index contributed by atoms with van der Waals surface area (Å²) in [6.07, 6.45) is 1.86. The van der Waals surface area contributed by atoms with Crippen LogP contribution in [0.15, 0.2) is 24.3 Å². The largest absolute Gasteiger partial charge is 0.310 e. The van der Waals surface area contributed by atoms with E-state index in [1.807, 2.05) is 18.2 Å². The van der Waals surface area contributed by atoms with Crippen molar-refractivity contribution in [1.82, 2.24) is 10.0 Å². The molecule has 0 radical (unpaired) electrons. The van der Waals surface area contributed by atoms with Gasteiger partial charge in [0, 0.05) is 18.6 Å². The van der Waals surface area contributed by atoms with Crippen molar-refractivity contribution < 1.29 is 8.42 Å². The zero-order valence-electron chi connectivity index (χ0n) is 11.3. The van der Waals surface area contributed by atoms with Gasteiger partial charge in [0.15, 0.2) is 0 Å². The first kappa shape index (κ1) is 14.3. The van der Waals surface area contributed by atoms with Crippen LogP contribution < -0.4 is 14.8 Å². The van der Waals surface area contributed by atoms with E-state index < -0.39 is 10.2 Å². The van der Waals surface area contributed by atoms with Gasteiger partial charge in [0.25, 0.3) is 10.2 Å². The lowest BCUT2D eigenvalue weighted by atomic mass is 10.2. The molecule has 1 aromatic rings. The second-order valence-corrected chi connectivity index (χ2v) is 6.68. The first-order valence-corrected chi connectivity index (χ1v) is 8.05. The topological polar surface area (TPSA) is 70.2 Å². The summed E-state index contributed by atoms with van der Waals surface area (Å²) in [5.41, 5.74) is 1.65. The molecule has 19 heavy (non-hydrogen) atoms. The summed E-state index contributed by atoms with van der Waals surface area (Å²) < 4.78 is 28.7. The van der Waals surface area contributed by atoms with Gasteiger partial charge in [-0.3, -0.25) is 4.72 Å². The van der Waals surface area contributed by atoms with E-state index in [1.54, 1.807) is 6.07 Å². The molecule has 0 amide bonds. The number of anilines is 1. The fraction of sp³-hybridized carbons (Fsp3) is 0.538. The minimum atomic E-state index is -3.44. The molecule has 0 spiro atoms. The van der Waals surface area contributed by atoms with Crippen molar-refractivity contribution in [2.75, 3.05) is 4.72 Å². The molecular formula is C13H21N3O2S. The molecule has 1 aliphatic carbocycles. The lowest BCUT2D eigenvalue weighted by Crippen LogP contribution is -2.31. The van der Waals surface area contributed by atoms with Crippen LogP contribution in [0.4, 0.5) is 5.69 Å². The third kappa shape index (κ3) is 5.18. The summed E-state index contributed by atoms with van der Waals surface area (Å²) in [6, 6.07) is 7.94. The Morgan fingerprint density at radius 2 is 2.05 bits per heavy atom. The Balaban J connectivity index is 1.97. The summed E-state index contributed by atoms with van der Waals surface area (Å²) in [6.45, 7) is 4.88. The third-order valence-corrected chi connectivity index (χ3v) is 3.94. The third-order valence-electron chi connectivity index (χ3n) is 2.79. The van der Waals surface area contributed by atoms with E-state index in [9.17, 15) is 8.42 Å². The quantitative estimate of drug-likeness (QED) is 0.712. The average molecular weight is 283 g/mol. The van der Waals surface area contributed by atoms with Crippen LogP contribution >= 0.6 is 0 Å². The summed E-state index contributed by atoms with van der Waals surface area (Å²) in [5, 5.41) is 3.30. The highest BCUT2D eigenvalue weighted by Gasteiger charge is 2.26. The number of rotatable bonds is 7. The molecule has 106 valence electrons. The molecule has 1 fully saturated rings. The molecule has 0 bridgehead atoms. The van der Waals surface area contributed by atoms with Crippen molar-refractivity contribution in [3.8, 4) is 0 Å². The average Bonchev–Trinajstić information content (AvgIpc) is 3.09. The highest BCUT2D eigenvalue weighted by Crippen LogP contribution is 2.20. The summed E-state index contributed by atoms with van der Waals surface area (Å²) >= 11 is 0. The molecular weight excluding hydrogens is 262 g/mol. The molecule has 0 aromatic heterocycles. The Morgan fingerprint density at radius 1 is 1.32 bits per heavy atom. The lowest BCUT2D eigenvalue weighted by Gasteiger charge is -2.11. The molecule has 3 N–H and O–H groups in total. The van der Waals surface area contributed by atoms with Gasteiger partial charge in [0.05, 0.1) is 5.69 Å².